The third-order valence-corrected chi connectivity index (χ3v) is 3.28. The van der Waals surface area contributed by atoms with Crippen LogP contribution in [0.1, 0.15) is 37.2 Å². The normalized spacial score (nSPS) is 10.7. The molecule has 3 heteroatoms. The maximum Gasteiger partial charge on any atom is 0.287 e. The summed E-state index contributed by atoms with van der Waals surface area (Å²) in [5.74, 6) is 0.246. The number of hydrogen-bond donors (Lipinski definition) is 1. The van der Waals surface area contributed by atoms with Gasteiger partial charge in [0.05, 0.1) is 6.26 Å². The van der Waals surface area contributed by atoms with Gasteiger partial charge in [-0.2, -0.15) is 0 Å². The molecule has 0 spiro atoms. The molecule has 1 N–H and O–H groups in total. The number of benzene rings is 1. The highest BCUT2D eigenvalue weighted by Crippen LogP contribution is 2.24. The van der Waals surface area contributed by atoms with E-state index in [4.69, 9.17) is 4.42 Å². The van der Waals surface area contributed by atoms with Gasteiger partial charge in [0, 0.05) is 11.6 Å². The molecule has 0 radical (unpaired) electrons. The molecule has 1 aromatic heterocycles. The third-order valence-electron chi connectivity index (χ3n) is 3.28. The van der Waals surface area contributed by atoms with Crippen LogP contribution in [0.4, 0.5) is 0 Å². The van der Waals surface area contributed by atoms with Crippen LogP contribution in [-0.4, -0.2) is 11.9 Å². The smallest absolute Gasteiger partial charge is 0.287 e. The number of hydrogen-bond acceptors (Lipinski definition) is 2. The second kappa shape index (κ2) is 6.23. The second-order valence-electron chi connectivity index (χ2n) is 4.52. The number of rotatable bonds is 5. The molecule has 1 heterocycles. The van der Waals surface area contributed by atoms with E-state index in [9.17, 15) is 4.79 Å². The molecule has 0 aliphatic carbocycles. The molecule has 100 valence electrons. The summed E-state index contributed by atoms with van der Waals surface area (Å²) in [5.41, 5.74) is 1.83. The summed E-state index contributed by atoms with van der Waals surface area (Å²) in [7, 11) is 0. The van der Waals surface area contributed by atoms with E-state index in [1.807, 2.05) is 36.4 Å². The molecule has 0 bridgehead atoms. The topological polar surface area (TPSA) is 42.2 Å². The van der Waals surface area contributed by atoms with Gasteiger partial charge >= 0.3 is 0 Å². The van der Waals surface area contributed by atoms with E-state index < -0.39 is 0 Å². The minimum absolute atomic E-state index is 0.141. The van der Waals surface area contributed by atoms with Crippen LogP contribution in [-0.2, 0) is 0 Å². The lowest BCUT2D eigenvalue weighted by molar-refractivity contribution is 0.0907. The van der Waals surface area contributed by atoms with Crippen LogP contribution >= 0.6 is 0 Å². The molecule has 2 rings (SSSR count). The van der Waals surface area contributed by atoms with Crippen molar-refractivity contribution in [3.63, 3.8) is 0 Å². The maximum atomic E-state index is 12.2. The zero-order chi connectivity index (χ0) is 13.7. The predicted octanol–water partition coefficient (Wildman–Crippen LogP) is 3.87. The Bertz CT molecular complexity index is 527. The zero-order valence-electron chi connectivity index (χ0n) is 11.3. The van der Waals surface area contributed by atoms with E-state index in [0.717, 1.165) is 24.0 Å². The van der Waals surface area contributed by atoms with E-state index in [1.165, 1.54) is 0 Å². The van der Waals surface area contributed by atoms with Crippen LogP contribution in [0.3, 0.4) is 0 Å². The highest BCUT2D eigenvalue weighted by Gasteiger charge is 2.18. The minimum Gasteiger partial charge on any atom is -0.459 e. The van der Waals surface area contributed by atoms with Gasteiger partial charge in [-0.1, -0.05) is 44.2 Å². The van der Waals surface area contributed by atoms with Crippen LogP contribution < -0.4 is 5.32 Å². The van der Waals surface area contributed by atoms with E-state index in [-0.39, 0.29) is 11.9 Å². The van der Waals surface area contributed by atoms with Crippen molar-refractivity contribution >= 4 is 5.91 Å². The van der Waals surface area contributed by atoms with Crippen molar-refractivity contribution in [2.24, 2.45) is 0 Å². The third kappa shape index (κ3) is 3.05. The first kappa shape index (κ1) is 13.4. The van der Waals surface area contributed by atoms with Crippen molar-refractivity contribution in [3.8, 4) is 11.1 Å². The minimum atomic E-state index is -0.141. The highest BCUT2D eigenvalue weighted by atomic mass is 16.3. The molecule has 19 heavy (non-hydrogen) atoms. The summed E-state index contributed by atoms with van der Waals surface area (Å²) in [5, 5.41) is 3.00. The van der Waals surface area contributed by atoms with Crippen LogP contribution in [0.5, 0.6) is 0 Å². The highest BCUT2D eigenvalue weighted by molar-refractivity contribution is 5.98. The van der Waals surface area contributed by atoms with Gasteiger partial charge in [0.1, 0.15) is 0 Å². The average molecular weight is 257 g/mol. The quantitative estimate of drug-likeness (QED) is 0.883. The largest absolute Gasteiger partial charge is 0.459 e. The molecule has 2 aromatic rings. The van der Waals surface area contributed by atoms with E-state index in [1.54, 1.807) is 6.26 Å². The van der Waals surface area contributed by atoms with Gasteiger partial charge in [0.15, 0.2) is 5.76 Å². The van der Waals surface area contributed by atoms with E-state index in [0.29, 0.717) is 5.76 Å². The Balaban J connectivity index is 2.23. The van der Waals surface area contributed by atoms with Gasteiger partial charge in [-0.25, -0.2) is 0 Å². The first-order chi connectivity index (χ1) is 9.26. The monoisotopic (exact) mass is 257 g/mol. The molecule has 0 saturated carbocycles. The summed E-state index contributed by atoms with van der Waals surface area (Å²) >= 11 is 0. The van der Waals surface area contributed by atoms with Gasteiger partial charge in [0.2, 0.25) is 0 Å². The molecule has 1 aromatic carbocycles. The number of nitrogens with one attached hydrogen (secondary N) is 1. The van der Waals surface area contributed by atoms with Crippen LogP contribution in [0.25, 0.3) is 11.1 Å². The molecule has 0 unspecified atom stereocenters. The molecular weight excluding hydrogens is 238 g/mol. The summed E-state index contributed by atoms with van der Waals surface area (Å²) in [4.78, 5) is 12.2. The fourth-order valence-corrected chi connectivity index (χ4v) is 2.07. The molecule has 0 fully saturated rings. The van der Waals surface area contributed by atoms with Gasteiger partial charge in [0.25, 0.3) is 5.91 Å². The lowest BCUT2D eigenvalue weighted by Gasteiger charge is -2.14. The molecule has 1 amide bonds. The molecule has 0 aliphatic heterocycles. The van der Waals surface area contributed by atoms with E-state index >= 15 is 0 Å². The lowest BCUT2D eigenvalue weighted by Crippen LogP contribution is -2.33. The summed E-state index contributed by atoms with van der Waals surface area (Å²) < 4.78 is 5.36. The molecule has 0 aliphatic rings. The summed E-state index contributed by atoms with van der Waals surface area (Å²) in [6, 6.07) is 11.8. The van der Waals surface area contributed by atoms with Crippen molar-refractivity contribution < 1.29 is 9.21 Å². The van der Waals surface area contributed by atoms with Crippen molar-refractivity contribution in [2.75, 3.05) is 0 Å². The van der Waals surface area contributed by atoms with Gasteiger partial charge in [-0.05, 0) is 24.5 Å². The Morgan fingerprint density at radius 2 is 1.84 bits per heavy atom. The molecule has 3 nitrogen and oxygen atoms in total. The van der Waals surface area contributed by atoms with Crippen LogP contribution in [0, 0.1) is 0 Å². The van der Waals surface area contributed by atoms with Crippen molar-refractivity contribution in [2.45, 2.75) is 32.7 Å². The SMILES string of the molecule is CCC(CC)NC(=O)c1occc1-c1ccccc1. The second-order valence-corrected chi connectivity index (χ2v) is 4.52. The predicted molar refractivity (Wildman–Crippen MR) is 76.0 cm³/mol. The average Bonchev–Trinajstić information content (AvgIpc) is 2.95. The van der Waals surface area contributed by atoms with Crippen LogP contribution in [0.2, 0.25) is 0 Å². The summed E-state index contributed by atoms with van der Waals surface area (Å²) in [6.45, 7) is 4.13. The standard InChI is InChI=1S/C16H19NO2/c1-3-13(4-2)17-16(18)15-14(10-11-19-15)12-8-6-5-7-9-12/h5-11,13H,3-4H2,1-2H3,(H,17,18). The Kier molecular flexibility index (Phi) is 4.39. The zero-order valence-corrected chi connectivity index (χ0v) is 11.3. The number of furan rings is 1. The summed E-state index contributed by atoms with van der Waals surface area (Å²) in [6.07, 6.45) is 3.40. The van der Waals surface area contributed by atoms with Crippen molar-refractivity contribution in [1.29, 1.82) is 0 Å². The van der Waals surface area contributed by atoms with Gasteiger partial charge < -0.3 is 9.73 Å². The Hall–Kier alpha value is -2.03. The number of carbonyl (C=O) groups excluding carboxylic acids is 1. The fraction of sp³-hybridized carbons (Fsp3) is 0.312. The maximum absolute atomic E-state index is 12.2. The van der Waals surface area contributed by atoms with Crippen molar-refractivity contribution in [3.05, 3.63) is 48.4 Å². The number of carbonyl (C=O) groups is 1. The molecular formula is C16H19NO2. The van der Waals surface area contributed by atoms with Crippen molar-refractivity contribution in [1.82, 2.24) is 5.32 Å². The van der Waals surface area contributed by atoms with Crippen LogP contribution in [0.15, 0.2) is 47.1 Å². The molecule has 0 atom stereocenters. The number of amides is 1. The Morgan fingerprint density at radius 3 is 2.47 bits per heavy atom. The van der Waals surface area contributed by atoms with E-state index in [2.05, 4.69) is 19.2 Å². The van der Waals surface area contributed by atoms with Gasteiger partial charge in [-0.15, -0.1) is 0 Å². The van der Waals surface area contributed by atoms with Gasteiger partial charge in [-0.3, -0.25) is 4.79 Å². The Labute approximate surface area is 113 Å². The Morgan fingerprint density at radius 1 is 1.16 bits per heavy atom. The first-order valence-corrected chi connectivity index (χ1v) is 6.70. The lowest BCUT2D eigenvalue weighted by atomic mass is 10.1. The fourth-order valence-electron chi connectivity index (χ4n) is 2.07. The molecule has 0 saturated heterocycles. The first-order valence-electron chi connectivity index (χ1n) is 6.70.